The highest BCUT2D eigenvalue weighted by Gasteiger charge is 2.37. The van der Waals surface area contributed by atoms with Crippen LogP contribution in [-0.4, -0.2) is 48.8 Å². The molecule has 1 saturated heterocycles. The quantitative estimate of drug-likeness (QED) is 0.766. The number of halogens is 1. The second-order valence-corrected chi connectivity index (χ2v) is 7.78. The minimum Gasteiger partial charge on any atom is -0.351 e. The number of benzene rings is 2. The predicted octanol–water partition coefficient (Wildman–Crippen LogP) is 3.36. The van der Waals surface area contributed by atoms with Crippen molar-refractivity contribution >= 4 is 35.0 Å². The Labute approximate surface area is 174 Å². The summed E-state index contributed by atoms with van der Waals surface area (Å²) < 4.78 is 0. The lowest BCUT2D eigenvalue weighted by atomic mass is 10.1. The van der Waals surface area contributed by atoms with Crippen LogP contribution in [0.25, 0.3) is 0 Å². The molecule has 1 N–H and O–H groups in total. The number of rotatable bonds is 5. The number of likely N-dealkylation sites (tertiary alicyclic amines) is 1. The van der Waals surface area contributed by atoms with Crippen molar-refractivity contribution in [1.82, 2.24) is 10.2 Å². The standard InChI is InChI=1S/C22H22ClN3O3/c23-16-5-4-6-17(14-16)26-21(28)18-8-7-15(13-19(18)22(26)29)20(27)24-9-12-25-10-2-1-3-11-25/h4-8,13-14H,1-3,9-12H2,(H,24,27). The minimum atomic E-state index is -0.449. The first-order valence-electron chi connectivity index (χ1n) is 9.83. The second kappa shape index (κ2) is 8.35. The second-order valence-electron chi connectivity index (χ2n) is 7.34. The van der Waals surface area contributed by atoms with Crippen molar-refractivity contribution < 1.29 is 14.4 Å². The molecule has 0 spiro atoms. The van der Waals surface area contributed by atoms with Gasteiger partial charge in [-0.2, -0.15) is 0 Å². The largest absolute Gasteiger partial charge is 0.351 e. The van der Waals surface area contributed by atoms with Crippen molar-refractivity contribution in [2.24, 2.45) is 0 Å². The van der Waals surface area contributed by atoms with Gasteiger partial charge in [0.05, 0.1) is 16.8 Å². The first-order chi connectivity index (χ1) is 14.0. The number of piperidine rings is 1. The molecule has 150 valence electrons. The fraction of sp³-hybridized carbons (Fsp3) is 0.318. The number of fused-ring (bicyclic) bond motifs is 1. The van der Waals surface area contributed by atoms with Crippen molar-refractivity contribution in [3.05, 3.63) is 64.2 Å². The van der Waals surface area contributed by atoms with E-state index in [1.54, 1.807) is 36.4 Å². The average molecular weight is 412 g/mol. The number of hydrogen-bond acceptors (Lipinski definition) is 4. The van der Waals surface area contributed by atoms with Crippen LogP contribution in [0.5, 0.6) is 0 Å². The number of imide groups is 1. The Morgan fingerprint density at radius 1 is 0.966 bits per heavy atom. The molecule has 0 saturated carbocycles. The fourth-order valence-electron chi connectivity index (χ4n) is 3.84. The fourth-order valence-corrected chi connectivity index (χ4v) is 4.03. The van der Waals surface area contributed by atoms with E-state index in [1.807, 2.05) is 0 Å². The van der Waals surface area contributed by atoms with Crippen LogP contribution in [0, 0.1) is 0 Å². The monoisotopic (exact) mass is 411 g/mol. The van der Waals surface area contributed by atoms with Crippen molar-refractivity contribution in [2.75, 3.05) is 31.1 Å². The summed E-state index contributed by atoms with van der Waals surface area (Å²) in [4.78, 5) is 41.5. The van der Waals surface area contributed by atoms with Crippen LogP contribution >= 0.6 is 11.6 Å². The Hall–Kier alpha value is -2.70. The zero-order chi connectivity index (χ0) is 20.4. The average Bonchev–Trinajstić information content (AvgIpc) is 2.98. The van der Waals surface area contributed by atoms with Gasteiger partial charge in [0.25, 0.3) is 17.7 Å². The maximum absolute atomic E-state index is 12.8. The number of hydrogen-bond donors (Lipinski definition) is 1. The molecule has 1 fully saturated rings. The molecule has 2 aromatic carbocycles. The smallest absolute Gasteiger partial charge is 0.266 e. The Morgan fingerprint density at radius 3 is 2.48 bits per heavy atom. The first kappa shape index (κ1) is 19.6. The maximum Gasteiger partial charge on any atom is 0.266 e. The van der Waals surface area contributed by atoms with Crippen LogP contribution in [0.1, 0.15) is 50.3 Å². The molecular weight excluding hydrogens is 390 g/mol. The van der Waals surface area contributed by atoms with Gasteiger partial charge >= 0.3 is 0 Å². The van der Waals surface area contributed by atoms with Gasteiger partial charge in [0.2, 0.25) is 0 Å². The van der Waals surface area contributed by atoms with E-state index in [9.17, 15) is 14.4 Å². The van der Waals surface area contributed by atoms with Gasteiger partial charge < -0.3 is 10.2 Å². The highest BCUT2D eigenvalue weighted by molar-refractivity contribution is 6.35. The molecule has 6 nitrogen and oxygen atoms in total. The predicted molar refractivity (Wildman–Crippen MR) is 112 cm³/mol. The van der Waals surface area contributed by atoms with Crippen LogP contribution < -0.4 is 10.2 Å². The van der Waals surface area contributed by atoms with Gasteiger partial charge in [-0.3, -0.25) is 14.4 Å². The van der Waals surface area contributed by atoms with E-state index in [4.69, 9.17) is 11.6 Å². The van der Waals surface area contributed by atoms with Gasteiger partial charge in [0.1, 0.15) is 0 Å². The Morgan fingerprint density at radius 2 is 1.72 bits per heavy atom. The van der Waals surface area contributed by atoms with Gasteiger partial charge in [0.15, 0.2) is 0 Å². The number of amides is 3. The van der Waals surface area contributed by atoms with Crippen LogP contribution in [0.2, 0.25) is 5.02 Å². The van der Waals surface area contributed by atoms with Gasteiger partial charge in [-0.15, -0.1) is 0 Å². The number of nitrogens with zero attached hydrogens (tertiary/aromatic N) is 2. The van der Waals surface area contributed by atoms with E-state index in [0.29, 0.717) is 28.4 Å². The zero-order valence-electron chi connectivity index (χ0n) is 16.0. The summed E-state index contributed by atoms with van der Waals surface area (Å²) in [5, 5.41) is 3.34. The molecule has 0 atom stereocenters. The molecule has 0 radical (unpaired) electrons. The maximum atomic E-state index is 12.8. The summed E-state index contributed by atoms with van der Waals surface area (Å²) >= 11 is 6.00. The van der Waals surface area contributed by atoms with E-state index in [-0.39, 0.29) is 11.5 Å². The lowest BCUT2D eigenvalue weighted by Crippen LogP contribution is -2.37. The van der Waals surface area contributed by atoms with E-state index in [2.05, 4.69) is 10.2 Å². The summed E-state index contributed by atoms with van der Waals surface area (Å²) in [6, 6.07) is 11.2. The lowest BCUT2D eigenvalue weighted by Gasteiger charge is -2.26. The SMILES string of the molecule is O=C(NCCN1CCCCC1)c1ccc2c(c1)C(=O)N(c1cccc(Cl)c1)C2=O. The van der Waals surface area contributed by atoms with Crippen LogP contribution in [-0.2, 0) is 0 Å². The molecule has 0 aliphatic carbocycles. The molecule has 29 heavy (non-hydrogen) atoms. The van der Waals surface area contributed by atoms with Gasteiger partial charge in [-0.1, -0.05) is 24.1 Å². The Balaban J connectivity index is 1.46. The van der Waals surface area contributed by atoms with E-state index in [0.717, 1.165) is 24.5 Å². The van der Waals surface area contributed by atoms with Crippen LogP contribution in [0.15, 0.2) is 42.5 Å². The Kier molecular flexibility index (Phi) is 5.65. The van der Waals surface area contributed by atoms with Gasteiger partial charge in [-0.25, -0.2) is 4.90 Å². The third-order valence-electron chi connectivity index (χ3n) is 5.38. The molecule has 0 aromatic heterocycles. The molecule has 0 bridgehead atoms. The molecule has 7 heteroatoms. The summed E-state index contributed by atoms with van der Waals surface area (Å²) in [6.07, 6.45) is 3.69. The number of carbonyl (C=O) groups is 3. The highest BCUT2D eigenvalue weighted by Crippen LogP contribution is 2.30. The third-order valence-corrected chi connectivity index (χ3v) is 5.61. The van der Waals surface area contributed by atoms with Gasteiger partial charge in [-0.05, 0) is 62.3 Å². The molecular formula is C22H22ClN3O3. The van der Waals surface area contributed by atoms with Crippen molar-refractivity contribution in [2.45, 2.75) is 19.3 Å². The minimum absolute atomic E-state index is 0.235. The lowest BCUT2D eigenvalue weighted by molar-refractivity contribution is 0.0923. The number of nitrogens with one attached hydrogen (secondary N) is 1. The highest BCUT2D eigenvalue weighted by atomic mass is 35.5. The molecule has 3 amide bonds. The molecule has 4 rings (SSSR count). The summed E-state index contributed by atoms with van der Waals surface area (Å²) in [7, 11) is 0. The van der Waals surface area contributed by atoms with Crippen LogP contribution in [0.3, 0.4) is 0 Å². The van der Waals surface area contributed by atoms with E-state index >= 15 is 0 Å². The number of carbonyl (C=O) groups excluding carboxylic acids is 3. The Bertz CT molecular complexity index is 970. The zero-order valence-corrected chi connectivity index (χ0v) is 16.7. The molecule has 2 heterocycles. The molecule has 2 aliphatic heterocycles. The van der Waals surface area contributed by atoms with Crippen LogP contribution in [0.4, 0.5) is 5.69 Å². The van der Waals surface area contributed by atoms with Crippen molar-refractivity contribution in [3.63, 3.8) is 0 Å². The normalized spacial score (nSPS) is 16.8. The van der Waals surface area contributed by atoms with E-state index < -0.39 is 11.8 Å². The molecule has 0 unspecified atom stereocenters. The summed E-state index contributed by atoms with van der Waals surface area (Å²) in [5.74, 6) is -1.11. The molecule has 2 aromatic rings. The first-order valence-corrected chi connectivity index (χ1v) is 10.2. The van der Waals surface area contributed by atoms with E-state index in [1.165, 1.54) is 25.3 Å². The van der Waals surface area contributed by atoms with Crippen molar-refractivity contribution in [1.29, 1.82) is 0 Å². The van der Waals surface area contributed by atoms with Gasteiger partial charge in [0, 0.05) is 23.7 Å². The summed E-state index contributed by atoms with van der Waals surface area (Å²) in [5.41, 5.74) is 1.31. The third kappa shape index (κ3) is 4.04. The molecule has 2 aliphatic rings. The van der Waals surface area contributed by atoms with Crippen molar-refractivity contribution in [3.8, 4) is 0 Å². The number of anilines is 1. The summed E-state index contributed by atoms with van der Waals surface area (Å²) in [6.45, 7) is 3.52. The topological polar surface area (TPSA) is 69.7 Å².